The minimum atomic E-state index is -0.757. The van der Waals surface area contributed by atoms with E-state index in [4.69, 9.17) is 14.2 Å². The van der Waals surface area contributed by atoms with Gasteiger partial charge >= 0.3 is 5.97 Å². The maximum atomic E-state index is 13.0. The third-order valence-corrected chi connectivity index (χ3v) is 4.99. The Balaban J connectivity index is 1.64. The van der Waals surface area contributed by atoms with Crippen LogP contribution in [-0.4, -0.2) is 18.7 Å². The predicted molar refractivity (Wildman–Crippen MR) is 121 cm³/mol. The number of esters is 1. The highest BCUT2D eigenvalue weighted by atomic mass is 16.6. The molecular weight excluding hydrogens is 388 g/mol. The monoisotopic (exact) mass is 418 g/mol. The molecule has 0 N–H and O–H groups in total. The molecule has 4 nitrogen and oxygen atoms in total. The minimum absolute atomic E-state index is 0.214. The molecule has 0 fully saturated rings. The fourth-order valence-electron chi connectivity index (χ4n) is 3.25. The van der Waals surface area contributed by atoms with Crippen molar-refractivity contribution in [3.05, 3.63) is 108 Å². The quantitative estimate of drug-likeness (QED) is 0.383. The average Bonchev–Trinajstić information content (AvgIpc) is 2.79. The Morgan fingerprint density at radius 2 is 1.16 bits per heavy atom. The molecule has 0 aliphatic rings. The molecule has 4 heteroatoms. The fourth-order valence-corrected chi connectivity index (χ4v) is 3.25. The summed E-state index contributed by atoms with van der Waals surface area (Å²) in [5.74, 6) is -0.381. The second kappa shape index (κ2) is 11.4. The molecule has 0 bridgehead atoms. The summed E-state index contributed by atoms with van der Waals surface area (Å²) in [6.07, 6.45) is -0.757. The Kier molecular flexibility index (Phi) is 8.39. The van der Waals surface area contributed by atoms with Crippen molar-refractivity contribution in [2.45, 2.75) is 39.8 Å². The molecule has 0 aliphatic heterocycles. The van der Waals surface area contributed by atoms with Gasteiger partial charge in [-0.05, 0) is 16.7 Å². The summed E-state index contributed by atoms with van der Waals surface area (Å²) in [4.78, 5) is 13.0. The van der Waals surface area contributed by atoms with Gasteiger partial charge in [0.1, 0.15) is 6.61 Å². The van der Waals surface area contributed by atoms with Crippen LogP contribution in [0.1, 0.15) is 30.5 Å². The largest absolute Gasteiger partial charge is 0.459 e. The summed E-state index contributed by atoms with van der Waals surface area (Å²) in [5, 5.41) is 0. The van der Waals surface area contributed by atoms with Gasteiger partial charge in [-0.1, -0.05) is 105 Å². The van der Waals surface area contributed by atoms with E-state index >= 15 is 0 Å². The number of carbonyl (C=O) groups is 1. The summed E-state index contributed by atoms with van der Waals surface area (Å²) in [7, 11) is 0. The first kappa shape index (κ1) is 22.7. The molecule has 0 heterocycles. The van der Waals surface area contributed by atoms with Crippen molar-refractivity contribution in [1.29, 1.82) is 0 Å². The second-order valence-electron chi connectivity index (χ2n) is 8.24. The Labute approximate surface area is 184 Å². The normalized spacial score (nSPS) is 12.3. The Morgan fingerprint density at radius 1 is 0.710 bits per heavy atom. The van der Waals surface area contributed by atoms with Crippen LogP contribution in [0, 0.1) is 5.41 Å². The summed E-state index contributed by atoms with van der Waals surface area (Å²) < 4.78 is 17.6. The van der Waals surface area contributed by atoms with E-state index in [-0.39, 0.29) is 12.6 Å². The molecule has 3 rings (SSSR count). The zero-order valence-electron chi connectivity index (χ0n) is 18.2. The summed E-state index contributed by atoms with van der Waals surface area (Å²) in [6, 6.07) is 29.4. The van der Waals surface area contributed by atoms with Crippen molar-refractivity contribution in [1.82, 2.24) is 0 Å². The number of hydrogen-bond donors (Lipinski definition) is 0. The molecule has 0 saturated carbocycles. The van der Waals surface area contributed by atoms with Crippen molar-refractivity contribution in [3.63, 3.8) is 0 Å². The highest BCUT2D eigenvalue weighted by Crippen LogP contribution is 2.27. The van der Waals surface area contributed by atoms with Crippen LogP contribution in [0.25, 0.3) is 0 Å². The Morgan fingerprint density at radius 3 is 1.68 bits per heavy atom. The topological polar surface area (TPSA) is 44.8 Å². The van der Waals surface area contributed by atoms with Crippen LogP contribution < -0.4 is 0 Å². The number of hydrogen-bond acceptors (Lipinski definition) is 4. The molecule has 1 unspecified atom stereocenters. The molecule has 0 saturated heterocycles. The lowest BCUT2D eigenvalue weighted by Crippen LogP contribution is -2.43. The lowest BCUT2D eigenvalue weighted by atomic mass is 9.87. The average molecular weight is 419 g/mol. The second-order valence-corrected chi connectivity index (χ2v) is 8.24. The first-order valence-electron chi connectivity index (χ1n) is 10.5. The molecule has 3 aromatic carbocycles. The van der Waals surface area contributed by atoms with E-state index < -0.39 is 11.5 Å². The van der Waals surface area contributed by atoms with Crippen LogP contribution in [0.2, 0.25) is 0 Å². The van der Waals surface area contributed by atoms with Gasteiger partial charge in [-0.15, -0.1) is 0 Å². The highest BCUT2D eigenvalue weighted by molar-refractivity contribution is 5.75. The standard InChI is InChI=1S/C27H30O4/c1-27(2,21-29-18-22-12-6-3-7-13-22)25(30-19-23-14-8-4-9-15-23)26(28)31-20-24-16-10-5-11-17-24/h3-17,25H,18-21H2,1-2H3. The van der Waals surface area contributed by atoms with Gasteiger partial charge in [-0.3, -0.25) is 0 Å². The van der Waals surface area contributed by atoms with Crippen LogP contribution in [0.4, 0.5) is 0 Å². The summed E-state index contributed by atoms with van der Waals surface area (Å²) in [6.45, 7) is 5.32. The molecule has 0 radical (unpaired) electrons. The molecule has 0 aromatic heterocycles. The van der Waals surface area contributed by atoms with Gasteiger partial charge in [0.2, 0.25) is 0 Å². The number of benzene rings is 3. The van der Waals surface area contributed by atoms with E-state index in [0.29, 0.717) is 19.8 Å². The maximum absolute atomic E-state index is 13.0. The van der Waals surface area contributed by atoms with E-state index in [1.807, 2.05) is 105 Å². The van der Waals surface area contributed by atoms with Gasteiger partial charge in [-0.25, -0.2) is 4.79 Å². The van der Waals surface area contributed by atoms with Gasteiger partial charge in [-0.2, -0.15) is 0 Å². The van der Waals surface area contributed by atoms with Crippen LogP contribution in [0.3, 0.4) is 0 Å². The van der Waals surface area contributed by atoms with Gasteiger partial charge in [0.05, 0.1) is 19.8 Å². The van der Waals surface area contributed by atoms with Crippen molar-refractivity contribution >= 4 is 5.97 Å². The van der Waals surface area contributed by atoms with Gasteiger partial charge in [0.15, 0.2) is 6.10 Å². The van der Waals surface area contributed by atoms with Crippen LogP contribution in [-0.2, 0) is 38.8 Å². The Bertz CT molecular complexity index is 908. The van der Waals surface area contributed by atoms with Gasteiger partial charge < -0.3 is 14.2 Å². The molecule has 3 aromatic rings. The lowest BCUT2D eigenvalue weighted by Gasteiger charge is -2.32. The zero-order valence-corrected chi connectivity index (χ0v) is 18.2. The van der Waals surface area contributed by atoms with Crippen molar-refractivity contribution in [3.8, 4) is 0 Å². The first-order valence-corrected chi connectivity index (χ1v) is 10.5. The molecule has 0 spiro atoms. The SMILES string of the molecule is CC(C)(COCc1ccccc1)C(OCc1ccccc1)C(=O)OCc1ccccc1. The molecule has 0 amide bonds. The minimum Gasteiger partial charge on any atom is -0.459 e. The molecule has 31 heavy (non-hydrogen) atoms. The fraction of sp³-hybridized carbons (Fsp3) is 0.296. The van der Waals surface area contributed by atoms with E-state index in [9.17, 15) is 4.79 Å². The smallest absolute Gasteiger partial charge is 0.336 e. The van der Waals surface area contributed by atoms with Gasteiger partial charge in [0.25, 0.3) is 0 Å². The molecular formula is C27H30O4. The van der Waals surface area contributed by atoms with Crippen LogP contribution in [0.5, 0.6) is 0 Å². The van der Waals surface area contributed by atoms with E-state index in [0.717, 1.165) is 16.7 Å². The Hall–Kier alpha value is -2.95. The summed E-state index contributed by atoms with van der Waals surface area (Å²) in [5.41, 5.74) is 2.46. The van der Waals surface area contributed by atoms with Crippen molar-refractivity contribution < 1.29 is 19.0 Å². The van der Waals surface area contributed by atoms with Crippen LogP contribution >= 0.6 is 0 Å². The highest BCUT2D eigenvalue weighted by Gasteiger charge is 2.38. The summed E-state index contributed by atoms with van der Waals surface area (Å²) >= 11 is 0. The lowest BCUT2D eigenvalue weighted by molar-refractivity contribution is -0.172. The van der Waals surface area contributed by atoms with Crippen LogP contribution in [0.15, 0.2) is 91.0 Å². The third-order valence-electron chi connectivity index (χ3n) is 4.99. The third kappa shape index (κ3) is 7.35. The molecule has 0 aliphatic carbocycles. The molecule has 162 valence electrons. The van der Waals surface area contributed by atoms with Gasteiger partial charge in [0, 0.05) is 5.41 Å². The van der Waals surface area contributed by atoms with Crippen molar-refractivity contribution in [2.75, 3.05) is 6.61 Å². The first-order chi connectivity index (χ1) is 15.0. The predicted octanol–water partition coefficient (Wildman–Crippen LogP) is 5.56. The van der Waals surface area contributed by atoms with E-state index in [1.54, 1.807) is 0 Å². The number of rotatable bonds is 11. The zero-order chi connectivity index (χ0) is 21.9. The molecule has 1 atom stereocenters. The number of carbonyl (C=O) groups excluding carboxylic acids is 1. The van der Waals surface area contributed by atoms with E-state index in [1.165, 1.54) is 0 Å². The maximum Gasteiger partial charge on any atom is 0.336 e. The van der Waals surface area contributed by atoms with Crippen molar-refractivity contribution in [2.24, 2.45) is 5.41 Å². The van der Waals surface area contributed by atoms with E-state index in [2.05, 4.69) is 0 Å². The number of ether oxygens (including phenoxy) is 3.